The Morgan fingerprint density at radius 3 is 2.42 bits per heavy atom. The lowest BCUT2D eigenvalue weighted by molar-refractivity contribution is -0.121. The second kappa shape index (κ2) is 6.30. The molecule has 3 N–H and O–H groups in total. The van der Waals surface area contributed by atoms with Crippen LogP contribution in [-0.2, 0) is 4.79 Å². The molecule has 2 amide bonds. The summed E-state index contributed by atoms with van der Waals surface area (Å²) >= 11 is 4.29. The Bertz CT molecular complexity index is 657. The van der Waals surface area contributed by atoms with Crippen molar-refractivity contribution in [2.45, 2.75) is 29.8 Å². The first kappa shape index (κ1) is 16.3. The van der Waals surface area contributed by atoms with Gasteiger partial charge in [0.1, 0.15) is 0 Å². The third-order valence-electron chi connectivity index (χ3n) is 5.66. The molecule has 6 heteroatoms. The van der Waals surface area contributed by atoms with Gasteiger partial charge in [-0.1, -0.05) is 6.07 Å². The van der Waals surface area contributed by atoms with E-state index >= 15 is 0 Å². The average Bonchev–Trinajstić information content (AvgIpc) is 3.10. The molecule has 1 saturated heterocycles. The molecule has 0 aromatic heterocycles. The van der Waals surface area contributed by atoms with E-state index in [1.807, 2.05) is 6.07 Å². The molecule has 2 bridgehead atoms. The van der Waals surface area contributed by atoms with Crippen LogP contribution < -0.4 is 11.1 Å². The molecule has 24 heavy (non-hydrogen) atoms. The number of hydrogen-bond donors (Lipinski definition) is 2. The van der Waals surface area contributed by atoms with Crippen LogP contribution in [0.15, 0.2) is 24.3 Å². The molecule has 1 aliphatic heterocycles. The van der Waals surface area contributed by atoms with Gasteiger partial charge in [0.15, 0.2) is 0 Å². The van der Waals surface area contributed by atoms with Gasteiger partial charge in [-0.05, 0) is 55.7 Å². The number of nitrogens with two attached hydrogens (primary N) is 1. The second-order valence-electron chi connectivity index (χ2n) is 6.99. The van der Waals surface area contributed by atoms with Crippen molar-refractivity contribution >= 4 is 41.0 Å². The minimum atomic E-state index is -0.473. The maximum Gasteiger partial charge on any atom is 0.248 e. The van der Waals surface area contributed by atoms with E-state index in [0.29, 0.717) is 27.2 Å². The Hall–Kier alpha value is -1.14. The van der Waals surface area contributed by atoms with Crippen LogP contribution in [0.25, 0.3) is 0 Å². The van der Waals surface area contributed by atoms with Gasteiger partial charge in [-0.3, -0.25) is 9.59 Å². The lowest BCUT2D eigenvalue weighted by Gasteiger charge is -2.42. The predicted molar refractivity (Wildman–Crippen MR) is 100 cm³/mol. The van der Waals surface area contributed by atoms with Crippen LogP contribution in [0, 0.1) is 17.8 Å². The predicted octanol–water partition coefficient (Wildman–Crippen LogP) is 3.34. The Morgan fingerprint density at radius 2 is 1.79 bits per heavy atom. The molecular formula is C18H22N2O2S2. The molecule has 3 aliphatic rings. The Kier molecular flexibility index (Phi) is 4.29. The number of amides is 2. The highest BCUT2D eigenvalue weighted by Crippen LogP contribution is 2.65. The van der Waals surface area contributed by atoms with Gasteiger partial charge in [0.05, 0.1) is 4.08 Å². The fraction of sp³-hybridized carbons (Fsp3) is 0.556. The number of carbonyl (C=O) groups excluding carboxylic acids is 2. The summed E-state index contributed by atoms with van der Waals surface area (Å²) in [6, 6.07) is 6.88. The first-order valence-corrected chi connectivity index (χ1v) is 10.5. The van der Waals surface area contributed by atoms with E-state index < -0.39 is 5.91 Å². The number of thioether (sulfide) groups is 2. The molecule has 1 spiro atoms. The summed E-state index contributed by atoms with van der Waals surface area (Å²) in [6.45, 7) is 0. The van der Waals surface area contributed by atoms with Gasteiger partial charge in [-0.15, -0.1) is 23.5 Å². The maximum atomic E-state index is 12.7. The van der Waals surface area contributed by atoms with E-state index in [1.54, 1.807) is 18.2 Å². The van der Waals surface area contributed by atoms with Crippen molar-refractivity contribution in [2.24, 2.45) is 23.5 Å². The fourth-order valence-corrected chi connectivity index (χ4v) is 8.55. The van der Waals surface area contributed by atoms with Crippen LogP contribution in [0.3, 0.4) is 0 Å². The first-order chi connectivity index (χ1) is 11.6. The summed E-state index contributed by atoms with van der Waals surface area (Å²) < 4.78 is 0.405. The van der Waals surface area contributed by atoms with Crippen LogP contribution >= 0.6 is 23.5 Å². The first-order valence-electron chi connectivity index (χ1n) is 8.57. The van der Waals surface area contributed by atoms with Gasteiger partial charge < -0.3 is 11.1 Å². The number of primary amides is 1. The van der Waals surface area contributed by atoms with Gasteiger partial charge in [0.2, 0.25) is 11.8 Å². The fourth-order valence-electron chi connectivity index (χ4n) is 4.61. The van der Waals surface area contributed by atoms with Crippen molar-refractivity contribution in [3.05, 3.63) is 29.8 Å². The lowest BCUT2D eigenvalue weighted by atomic mass is 9.79. The number of carbonyl (C=O) groups is 2. The lowest BCUT2D eigenvalue weighted by Crippen LogP contribution is -2.41. The molecule has 1 unspecified atom stereocenters. The molecule has 3 fully saturated rings. The molecule has 4 rings (SSSR count). The van der Waals surface area contributed by atoms with Crippen LogP contribution in [0.2, 0.25) is 0 Å². The van der Waals surface area contributed by atoms with E-state index in [0.717, 1.165) is 12.8 Å². The molecule has 1 aromatic carbocycles. The number of rotatable bonds is 3. The molecule has 2 aliphatic carbocycles. The van der Waals surface area contributed by atoms with Crippen molar-refractivity contribution < 1.29 is 9.59 Å². The smallest absolute Gasteiger partial charge is 0.248 e. The van der Waals surface area contributed by atoms with E-state index in [1.165, 1.54) is 24.3 Å². The maximum absolute atomic E-state index is 12.7. The van der Waals surface area contributed by atoms with Crippen LogP contribution in [0.5, 0.6) is 0 Å². The zero-order valence-electron chi connectivity index (χ0n) is 13.5. The molecular weight excluding hydrogens is 340 g/mol. The van der Waals surface area contributed by atoms with Gasteiger partial charge >= 0.3 is 0 Å². The standard InChI is InChI=1S/C18H22N2O2S2/c19-16(21)11-2-1-3-15(10-11)20-17(22)12-8-13-4-5-14(9-12)18(13)23-6-7-24-18/h1-3,10,12-14H,4-9H2,(H2,19,21)(H,20,22)/t12?,13-,14+. The van der Waals surface area contributed by atoms with Crippen molar-refractivity contribution in [3.8, 4) is 0 Å². The minimum absolute atomic E-state index is 0.0900. The molecule has 1 aromatic rings. The van der Waals surface area contributed by atoms with Gasteiger partial charge in [-0.2, -0.15) is 0 Å². The molecule has 0 radical (unpaired) electrons. The van der Waals surface area contributed by atoms with Crippen molar-refractivity contribution in [1.82, 2.24) is 0 Å². The number of benzene rings is 1. The van der Waals surface area contributed by atoms with Crippen LogP contribution in [0.4, 0.5) is 5.69 Å². The summed E-state index contributed by atoms with van der Waals surface area (Å²) in [4.78, 5) is 24.0. The van der Waals surface area contributed by atoms with Crippen LogP contribution in [0.1, 0.15) is 36.0 Å². The topological polar surface area (TPSA) is 72.2 Å². The van der Waals surface area contributed by atoms with Crippen molar-refractivity contribution in [2.75, 3.05) is 16.8 Å². The number of hydrogen-bond acceptors (Lipinski definition) is 4. The zero-order valence-corrected chi connectivity index (χ0v) is 15.1. The Labute approximate surface area is 150 Å². The van der Waals surface area contributed by atoms with Crippen LogP contribution in [-0.4, -0.2) is 27.4 Å². The second-order valence-corrected chi connectivity index (χ2v) is 10.00. The van der Waals surface area contributed by atoms with E-state index in [4.69, 9.17) is 5.73 Å². The molecule has 3 atom stereocenters. The Morgan fingerprint density at radius 1 is 1.12 bits per heavy atom. The number of anilines is 1. The Balaban J connectivity index is 1.45. The van der Waals surface area contributed by atoms with Gasteiger partial charge in [-0.25, -0.2) is 0 Å². The average molecular weight is 363 g/mol. The summed E-state index contributed by atoms with van der Waals surface area (Å²) in [5.41, 5.74) is 6.40. The molecule has 2 saturated carbocycles. The monoisotopic (exact) mass is 362 g/mol. The van der Waals surface area contributed by atoms with Crippen molar-refractivity contribution in [1.29, 1.82) is 0 Å². The number of nitrogens with one attached hydrogen (secondary N) is 1. The van der Waals surface area contributed by atoms with E-state index in [2.05, 4.69) is 28.8 Å². The summed E-state index contributed by atoms with van der Waals surface area (Å²) in [6.07, 6.45) is 4.53. The van der Waals surface area contributed by atoms with E-state index in [9.17, 15) is 9.59 Å². The highest BCUT2D eigenvalue weighted by molar-refractivity contribution is 8.21. The van der Waals surface area contributed by atoms with Gasteiger partial charge in [0, 0.05) is 28.7 Å². The zero-order chi connectivity index (χ0) is 16.7. The molecule has 4 nitrogen and oxygen atoms in total. The minimum Gasteiger partial charge on any atom is -0.366 e. The summed E-state index contributed by atoms with van der Waals surface area (Å²) in [7, 11) is 0. The van der Waals surface area contributed by atoms with Gasteiger partial charge in [0.25, 0.3) is 0 Å². The van der Waals surface area contributed by atoms with E-state index in [-0.39, 0.29) is 11.8 Å². The molecule has 1 heterocycles. The SMILES string of the molecule is NC(=O)c1cccc(NC(=O)C2C[C@H]3CC[C@@H](C2)C32SCCS2)c1. The normalized spacial score (nSPS) is 30.4. The highest BCUT2D eigenvalue weighted by Gasteiger charge is 2.57. The summed E-state index contributed by atoms with van der Waals surface area (Å²) in [5, 5.41) is 2.99. The molecule has 128 valence electrons. The quantitative estimate of drug-likeness (QED) is 0.865. The third-order valence-corrected chi connectivity index (χ3v) is 9.68. The third kappa shape index (κ3) is 2.73. The largest absolute Gasteiger partial charge is 0.366 e. The highest BCUT2D eigenvalue weighted by atomic mass is 32.2. The summed E-state index contributed by atoms with van der Waals surface area (Å²) in [5.74, 6) is 3.56. The van der Waals surface area contributed by atoms with Crippen molar-refractivity contribution in [3.63, 3.8) is 0 Å².